The van der Waals surface area contributed by atoms with Gasteiger partial charge in [0.15, 0.2) is 11.9 Å². The van der Waals surface area contributed by atoms with Crippen molar-refractivity contribution in [1.29, 1.82) is 0 Å². The quantitative estimate of drug-likeness (QED) is 0.678. The molecule has 1 aliphatic rings. The minimum atomic E-state index is -0.951. The largest absolute Gasteiger partial charge is 0.479 e. The Morgan fingerprint density at radius 3 is 2.42 bits per heavy atom. The molecule has 1 rings (SSSR count). The summed E-state index contributed by atoms with van der Waals surface area (Å²) >= 11 is 0. The van der Waals surface area contributed by atoms with E-state index in [1.54, 1.807) is 13.8 Å². The molecule has 0 radical (unpaired) electrons. The SMILES string of the molecule is CC[C@@H]1OC(C)(C)O[C@@H]1C(=O)O. The summed E-state index contributed by atoms with van der Waals surface area (Å²) in [5.74, 6) is -1.71. The van der Waals surface area contributed by atoms with Gasteiger partial charge in [0.05, 0.1) is 6.10 Å². The van der Waals surface area contributed by atoms with E-state index in [9.17, 15) is 4.79 Å². The molecule has 0 bridgehead atoms. The monoisotopic (exact) mass is 174 g/mol. The summed E-state index contributed by atoms with van der Waals surface area (Å²) in [6, 6.07) is 0. The predicted molar refractivity (Wildman–Crippen MR) is 41.8 cm³/mol. The van der Waals surface area contributed by atoms with Crippen molar-refractivity contribution in [2.45, 2.75) is 45.2 Å². The average molecular weight is 174 g/mol. The van der Waals surface area contributed by atoms with Crippen molar-refractivity contribution in [3.8, 4) is 0 Å². The molecule has 0 aromatic rings. The molecule has 0 aliphatic carbocycles. The maximum Gasteiger partial charge on any atom is 0.335 e. The van der Waals surface area contributed by atoms with Crippen molar-refractivity contribution in [3.63, 3.8) is 0 Å². The molecular formula is C8H14O4. The highest BCUT2D eigenvalue weighted by Crippen LogP contribution is 2.29. The van der Waals surface area contributed by atoms with Crippen LogP contribution in [0.1, 0.15) is 27.2 Å². The molecule has 70 valence electrons. The number of hydrogen-bond donors (Lipinski definition) is 1. The summed E-state index contributed by atoms with van der Waals surface area (Å²) in [5.41, 5.74) is 0. The van der Waals surface area contributed by atoms with Crippen LogP contribution in [0.25, 0.3) is 0 Å². The first-order valence-corrected chi connectivity index (χ1v) is 4.04. The third kappa shape index (κ3) is 1.76. The van der Waals surface area contributed by atoms with Gasteiger partial charge in [0, 0.05) is 0 Å². The zero-order valence-corrected chi connectivity index (χ0v) is 7.53. The van der Waals surface area contributed by atoms with Crippen LogP contribution in [0.4, 0.5) is 0 Å². The molecule has 12 heavy (non-hydrogen) atoms. The van der Waals surface area contributed by atoms with E-state index < -0.39 is 17.9 Å². The van der Waals surface area contributed by atoms with Gasteiger partial charge >= 0.3 is 5.97 Å². The molecule has 4 nitrogen and oxygen atoms in total. The van der Waals surface area contributed by atoms with Gasteiger partial charge in [0.2, 0.25) is 0 Å². The van der Waals surface area contributed by atoms with Crippen molar-refractivity contribution in [2.24, 2.45) is 0 Å². The molecule has 1 N–H and O–H groups in total. The third-order valence-electron chi connectivity index (χ3n) is 1.83. The lowest BCUT2D eigenvalue weighted by Gasteiger charge is -2.15. The lowest BCUT2D eigenvalue weighted by molar-refractivity contribution is -0.165. The van der Waals surface area contributed by atoms with Crippen molar-refractivity contribution in [1.82, 2.24) is 0 Å². The van der Waals surface area contributed by atoms with E-state index >= 15 is 0 Å². The molecule has 0 amide bonds. The van der Waals surface area contributed by atoms with Crippen LogP contribution < -0.4 is 0 Å². The smallest absolute Gasteiger partial charge is 0.335 e. The molecule has 0 saturated carbocycles. The second-order valence-electron chi connectivity index (χ2n) is 3.34. The Kier molecular flexibility index (Phi) is 2.39. The summed E-state index contributed by atoms with van der Waals surface area (Å²) in [6.45, 7) is 5.32. The fourth-order valence-electron chi connectivity index (χ4n) is 1.34. The molecular weight excluding hydrogens is 160 g/mol. The Hall–Kier alpha value is -0.610. The number of rotatable bonds is 2. The molecule has 0 unspecified atom stereocenters. The lowest BCUT2D eigenvalue weighted by atomic mass is 10.1. The van der Waals surface area contributed by atoms with E-state index in [4.69, 9.17) is 14.6 Å². The summed E-state index contributed by atoms with van der Waals surface area (Å²) in [7, 11) is 0. The van der Waals surface area contributed by atoms with Crippen LogP contribution in [-0.4, -0.2) is 29.1 Å². The Morgan fingerprint density at radius 2 is 2.08 bits per heavy atom. The van der Waals surface area contributed by atoms with Crippen LogP contribution in [-0.2, 0) is 14.3 Å². The van der Waals surface area contributed by atoms with E-state index in [1.165, 1.54) is 0 Å². The molecule has 1 fully saturated rings. The molecule has 1 aliphatic heterocycles. The van der Waals surface area contributed by atoms with Crippen LogP contribution >= 0.6 is 0 Å². The van der Waals surface area contributed by atoms with E-state index in [1.807, 2.05) is 6.92 Å². The van der Waals surface area contributed by atoms with E-state index in [0.717, 1.165) is 0 Å². The van der Waals surface area contributed by atoms with Crippen LogP contribution in [0.5, 0.6) is 0 Å². The van der Waals surface area contributed by atoms with Crippen molar-refractivity contribution in [3.05, 3.63) is 0 Å². The van der Waals surface area contributed by atoms with Crippen molar-refractivity contribution in [2.75, 3.05) is 0 Å². The van der Waals surface area contributed by atoms with E-state index in [0.29, 0.717) is 6.42 Å². The molecule has 1 saturated heterocycles. The van der Waals surface area contributed by atoms with Crippen molar-refractivity contribution < 1.29 is 19.4 Å². The number of hydrogen-bond acceptors (Lipinski definition) is 3. The number of carboxylic acid groups (broad SMARTS) is 1. The highest BCUT2D eigenvalue weighted by atomic mass is 16.8. The lowest BCUT2D eigenvalue weighted by Crippen LogP contribution is -2.30. The van der Waals surface area contributed by atoms with Gasteiger partial charge in [-0.15, -0.1) is 0 Å². The molecule has 2 atom stereocenters. The number of carboxylic acids is 1. The zero-order valence-electron chi connectivity index (χ0n) is 7.53. The van der Waals surface area contributed by atoms with Crippen LogP contribution in [0.2, 0.25) is 0 Å². The van der Waals surface area contributed by atoms with Gasteiger partial charge in [-0.3, -0.25) is 0 Å². The van der Waals surface area contributed by atoms with E-state index in [2.05, 4.69) is 0 Å². The minimum absolute atomic E-state index is 0.322. The zero-order chi connectivity index (χ0) is 9.35. The molecule has 4 heteroatoms. The predicted octanol–water partition coefficient (Wildman–Crippen LogP) is 1.00. The molecule has 0 spiro atoms. The Morgan fingerprint density at radius 1 is 1.50 bits per heavy atom. The first-order chi connectivity index (χ1) is 5.46. The van der Waals surface area contributed by atoms with Gasteiger partial charge in [-0.1, -0.05) is 6.92 Å². The first-order valence-electron chi connectivity index (χ1n) is 4.04. The molecule has 0 aromatic carbocycles. The van der Waals surface area contributed by atoms with Gasteiger partial charge in [-0.05, 0) is 20.3 Å². The van der Waals surface area contributed by atoms with Crippen LogP contribution in [0.15, 0.2) is 0 Å². The fourth-order valence-corrected chi connectivity index (χ4v) is 1.34. The van der Waals surface area contributed by atoms with Gasteiger partial charge < -0.3 is 14.6 Å². The van der Waals surface area contributed by atoms with Gasteiger partial charge in [-0.25, -0.2) is 4.79 Å². The average Bonchev–Trinajstić information content (AvgIpc) is 2.25. The second kappa shape index (κ2) is 3.03. The highest BCUT2D eigenvalue weighted by Gasteiger charge is 2.44. The standard InChI is InChI=1S/C8H14O4/c1-4-5-6(7(9)10)12-8(2,3)11-5/h5-6H,4H2,1-3H3,(H,9,10)/t5-,6-/m0/s1. The van der Waals surface area contributed by atoms with Gasteiger partial charge in [0.1, 0.15) is 0 Å². The maximum atomic E-state index is 10.7. The summed E-state index contributed by atoms with van der Waals surface area (Å²) in [6.07, 6.45) is -0.483. The summed E-state index contributed by atoms with van der Waals surface area (Å²) in [4.78, 5) is 10.7. The summed E-state index contributed by atoms with van der Waals surface area (Å²) in [5, 5.41) is 8.74. The fraction of sp³-hybridized carbons (Fsp3) is 0.875. The van der Waals surface area contributed by atoms with Crippen LogP contribution in [0.3, 0.4) is 0 Å². The molecule has 1 heterocycles. The number of aliphatic carboxylic acids is 1. The molecule has 0 aromatic heterocycles. The number of carbonyl (C=O) groups is 1. The maximum absolute atomic E-state index is 10.7. The third-order valence-corrected chi connectivity index (χ3v) is 1.83. The Bertz CT molecular complexity index is 187. The van der Waals surface area contributed by atoms with E-state index in [-0.39, 0.29) is 6.10 Å². The second-order valence-corrected chi connectivity index (χ2v) is 3.34. The highest BCUT2D eigenvalue weighted by molar-refractivity contribution is 5.73. The minimum Gasteiger partial charge on any atom is -0.479 e. The van der Waals surface area contributed by atoms with Gasteiger partial charge in [0.25, 0.3) is 0 Å². The van der Waals surface area contributed by atoms with Crippen molar-refractivity contribution >= 4 is 5.97 Å². The number of ether oxygens (including phenoxy) is 2. The topological polar surface area (TPSA) is 55.8 Å². The first kappa shape index (κ1) is 9.48. The Balaban J connectivity index is 2.69. The van der Waals surface area contributed by atoms with Gasteiger partial charge in [-0.2, -0.15) is 0 Å². The Labute approximate surface area is 71.5 Å². The normalized spacial score (nSPS) is 33.6. The van der Waals surface area contributed by atoms with Crippen LogP contribution in [0, 0.1) is 0 Å². The summed E-state index contributed by atoms with van der Waals surface area (Å²) < 4.78 is 10.6.